The number of hydrogen-bond acceptors (Lipinski definition) is 3. The topological polar surface area (TPSA) is 37.3 Å². The second kappa shape index (κ2) is 3.91. The van der Waals surface area contributed by atoms with Crippen LogP contribution in [0.25, 0.3) is 0 Å². The minimum absolute atomic E-state index is 0.174. The zero-order valence-electron chi connectivity index (χ0n) is 6.71. The van der Waals surface area contributed by atoms with E-state index in [9.17, 15) is 18.0 Å². The normalized spacial score (nSPS) is 11.4. The Balaban J connectivity index is 3.11. The number of halogens is 3. The van der Waals surface area contributed by atoms with Gasteiger partial charge in [0.15, 0.2) is 6.29 Å². The minimum Gasteiger partial charge on any atom is -0.507 e. The van der Waals surface area contributed by atoms with E-state index >= 15 is 0 Å². The molecule has 1 aromatic rings. The predicted octanol–water partition coefficient (Wildman–Crippen LogP) is 2.82. The van der Waals surface area contributed by atoms with Crippen molar-refractivity contribution in [2.24, 2.45) is 0 Å². The fraction of sp³-hybridized carbons (Fsp3) is 0.125. The van der Waals surface area contributed by atoms with E-state index in [1.165, 1.54) is 12.1 Å². The highest BCUT2D eigenvalue weighted by Gasteiger charge is 2.31. The molecule has 0 fully saturated rings. The van der Waals surface area contributed by atoms with Crippen LogP contribution in [-0.4, -0.2) is 16.9 Å². The summed E-state index contributed by atoms with van der Waals surface area (Å²) in [5.41, 5.74) is -4.69. The van der Waals surface area contributed by atoms with Crippen molar-refractivity contribution in [3.8, 4) is 5.75 Å². The molecule has 0 saturated heterocycles. The number of aldehydes is 1. The molecular formula is C8H5F3O2S. The molecule has 0 amide bonds. The molecule has 0 heterocycles. The number of aromatic hydroxyl groups is 1. The molecule has 76 valence electrons. The van der Waals surface area contributed by atoms with Gasteiger partial charge in [-0.05, 0) is 17.8 Å². The molecule has 1 rings (SSSR count). The van der Waals surface area contributed by atoms with Crippen molar-refractivity contribution in [3.63, 3.8) is 0 Å². The number of hydrogen-bond donors (Lipinski definition) is 1. The molecule has 0 spiro atoms. The predicted molar refractivity (Wildman–Crippen MR) is 45.4 cm³/mol. The third kappa shape index (κ3) is 2.66. The monoisotopic (exact) mass is 222 g/mol. The highest BCUT2D eigenvalue weighted by atomic mass is 32.2. The van der Waals surface area contributed by atoms with Crippen LogP contribution in [0.3, 0.4) is 0 Å². The molecule has 0 aliphatic rings. The Kier molecular flexibility index (Phi) is 3.05. The maximum absolute atomic E-state index is 12.0. The Morgan fingerprint density at radius 1 is 1.36 bits per heavy atom. The molecule has 0 aromatic heterocycles. The van der Waals surface area contributed by atoms with Gasteiger partial charge in [0.25, 0.3) is 0 Å². The quantitative estimate of drug-likeness (QED) is 0.617. The van der Waals surface area contributed by atoms with Gasteiger partial charge in [-0.3, -0.25) is 4.79 Å². The summed E-state index contributed by atoms with van der Waals surface area (Å²) in [5, 5.41) is 9.11. The van der Waals surface area contributed by atoms with Crippen LogP contribution >= 0.6 is 11.8 Å². The second-order valence-corrected chi connectivity index (χ2v) is 3.44. The SMILES string of the molecule is O=Cc1cccc(O)c1SC(F)(F)F. The maximum atomic E-state index is 12.0. The van der Waals surface area contributed by atoms with E-state index < -0.39 is 27.9 Å². The first-order chi connectivity index (χ1) is 6.44. The van der Waals surface area contributed by atoms with Crippen LogP contribution in [0.2, 0.25) is 0 Å². The lowest BCUT2D eigenvalue weighted by molar-refractivity contribution is -0.0329. The molecule has 2 nitrogen and oxygen atoms in total. The van der Waals surface area contributed by atoms with Gasteiger partial charge < -0.3 is 5.11 Å². The molecule has 0 aliphatic heterocycles. The Morgan fingerprint density at radius 2 is 2.00 bits per heavy atom. The molecule has 0 saturated carbocycles. The highest BCUT2D eigenvalue weighted by molar-refractivity contribution is 8.00. The van der Waals surface area contributed by atoms with E-state index in [0.717, 1.165) is 6.07 Å². The number of carbonyl (C=O) groups is 1. The first kappa shape index (κ1) is 10.9. The van der Waals surface area contributed by atoms with E-state index in [2.05, 4.69) is 0 Å². The van der Waals surface area contributed by atoms with E-state index in [1.54, 1.807) is 0 Å². The maximum Gasteiger partial charge on any atom is 0.446 e. The van der Waals surface area contributed by atoms with E-state index in [-0.39, 0.29) is 11.8 Å². The number of phenols is 1. The number of phenolic OH excluding ortho intramolecular Hbond substituents is 1. The van der Waals surface area contributed by atoms with Gasteiger partial charge in [-0.15, -0.1) is 0 Å². The summed E-state index contributed by atoms with van der Waals surface area (Å²) in [6.45, 7) is 0. The van der Waals surface area contributed by atoms with Crippen molar-refractivity contribution in [2.75, 3.05) is 0 Å². The Hall–Kier alpha value is -1.17. The summed E-state index contributed by atoms with van der Waals surface area (Å²) in [6.07, 6.45) is 0.272. The van der Waals surface area contributed by atoms with Gasteiger partial charge in [0.1, 0.15) is 5.75 Å². The van der Waals surface area contributed by atoms with Gasteiger partial charge in [0, 0.05) is 5.56 Å². The molecular weight excluding hydrogens is 217 g/mol. The third-order valence-electron chi connectivity index (χ3n) is 1.37. The Labute approximate surface area is 81.7 Å². The minimum atomic E-state index is -4.52. The average molecular weight is 222 g/mol. The summed E-state index contributed by atoms with van der Waals surface area (Å²) in [5.74, 6) is -0.545. The van der Waals surface area contributed by atoms with Crippen molar-refractivity contribution >= 4 is 18.0 Å². The van der Waals surface area contributed by atoms with E-state index in [0.29, 0.717) is 0 Å². The highest BCUT2D eigenvalue weighted by Crippen LogP contribution is 2.42. The average Bonchev–Trinajstić information content (AvgIpc) is 2.06. The van der Waals surface area contributed by atoms with Gasteiger partial charge in [0.2, 0.25) is 0 Å². The number of thioether (sulfide) groups is 1. The Morgan fingerprint density at radius 3 is 2.50 bits per heavy atom. The first-order valence-corrected chi connectivity index (χ1v) is 4.28. The number of alkyl halides is 3. The van der Waals surface area contributed by atoms with E-state index in [4.69, 9.17) is 5.11 Å². The summed E-state index contributed by atoms with van der Waals surface area (Å²) >= 11 is -0.503. The fourth-order valence-electron chi connectivity index (χ4n) is 0.862. The van der Waals surface area contributed by atoms with Gasteiger partial charge in [-0.2, -0.15) is 13.2 Å². The largest absolute Gasteiger partial charge is 0.507 e. The zero-order valence-corrected chi connectivity index (χ0v) is 7.52. The van der Waals surface area contributed by atoms with Crippen LogP contribution < -0.4 is 0 Å². The number of rotatable bonds is 2. The van der Waals surface area contributed by atoms with Crippen molar-refractivity contribution in [1.29, 1.82) is 0 Å². The zero-order chi connectivity index (χ0) is 10.8. The molecule has 0 aliphatic carbocycles. The lowest BCUT2D eigenvalue weighted by atomic mass is 10.2. The summed E-state index contributed by atoms with van der Waals surface area (Å²) in [7, 11) is 0. The van der Waals surface area contributed by atoms with Gasteiger partial charge in [0.05, 0.1) is 4.90 Å². The summed E-state index contributed by atoms with van der Waals surface area (Å²) in [6, 6.07) is 3.61. The molecule has 0 unspecified atom stereocenters. The lowest BCUT2D eigenvalue weighted by Crippen LogP contribution is -2.01. The first-order valence-electron chi connectivity index (χ1n) is 3.47. The molecule has 14 heavy (non-hydrogen) atoms. The van der Waals surface area contributed by atoms with Crippen LogP contribution in [0, 0.1) is 0 Å². The van der Waals surface area contributed by atoms with Crippen LogP contribution in [0.1, 0.15) is 10.4 Å². The lowest BCUT2D eigenvalue weighted by Gasteiger charge is -2.08. The number of benzene rings is 1. The van der Waals surface area contributed by atoms with Crippen molar-refractivity contribution in [3.05, 3.63) is 23.8 Å². The molecule has 1 N–H and O–H groups in total. The molecule has 6 heteroatoms. The third-order valence-corrected chi connectivity index (χ3v) is 2.25. The Bertz CT molecular complexity index is 349. The van der Waals surface area contributed by atoms with Crippen molar-refractivity contribution in [1.82, 2.24) is 0 Å². The molecule has 0 atom stereocenters. The van der Waals surface area contributed by atoms with Crippen LogP contribution in [0.5, 0.6) is 5.75 Å². The molecule has 0 radical (unpaired) electrons. The van der Waals surface area contributed by atoms with Crippen molar-refractivity contribution in [2.45, 2.75) is 10.4 Å². The fourth-order valence-corrected chi connectivity index (χ4v) is 1.50. The smallest absolute Gasteiger partial charge is 0.446 e. The second-order valence-electron chi connectivity index (χ2n) is 2.36. The standard InChI is InChI=1S/C8H5F3O2S/c9-8(10,11)14-7-5(4-12)2-1-3-6(7)13/h1-4,13H. The molecule has 1 aromatic carbocycles. The van der Waals surface area contributed by atoms with Gasteiger partial charge >= 0.3 is 5.51 Å². The van der Waals surface area contributed by atoms with Crippen LogP contribution in [-0.2, 0) is 0 Å². The van der Waals surface area contributed by atoms with E-state index in [1.807, 2.05) is 0 Å². The van der Waals surface area contributed by atoms with Crippen LogP contribution in [0.15, 0.2) is 23.1 Å². The van der Waals surface area contributed by atoms with Crippen LogP contribution in [0.4, 0.5) is 13.2 Å². The van der Waals surface area contributed by atoms with Crippen molar-refractivity contribution < 1.29 is 23.1 Å². The van der Waals surface area contributed by atoms with Gasteiger partial charge in [-0.25, -0.2) is 0 Å². The summed E-state index contributed by atoms with van der Waals surface area (Å²) in [4.78, 5) is 9.91. The molecule has 0 bridgehead atoms. The summed E-state index contributed by atoms with van der Waals surface area (Å²) < 4.78 is 35.9. The number of carbonyl (C=O) groups excluding carboxylic acids is 1. The van der Waals surface area contributed by atoms with Gasteiger partial charge in [-0.1, -0.05) is 12.1 Å².